The van der Waals surface area contributed by atoms with Crippen molar-refractivity contribution in [2.24, 2.45) is 0 Å². The molecule has 7 heteroatoms. The molecule has 6 aromatic rings. The minimum absolute atomic E-state index is 0. The Bertz CT molecular complexity index is 1410. The van der Waals surface area contributed by atoms with Crippen LogP contribution in [0.25, 0.3) is 0 Å². The molecule has 0 aliphatic carbocycles. The molecule has 2 aromatic heterocycles. The van der Waals surface area contributed by atoms with Crippen LogP contribution >= 0.6 is 14.8 Å². The molecule has 6 rings (SSSR count). The van der Waals surface area contributed by atoms with E-state index < -0.39 is 14.8 Å². The molecule has 4 aromatic carbocycles. The summed E-state index contributed by atoms with van der Waals surface area (Å²) in [7, 11) is -6.32. The van der Waals surface area contributed by atoms with E-state index in [4.69, 9.17) is 14.5 Å². The van der Waals surface area contributed by atoms with Crippen LogP contribution in [0, 0.1) is 0 Å². The van der Waals surface area contributed by atoms with Crippen molar-refractivity contribution < 1.29 is 29.7 Å². The summed E-state index contributed by atoms with van der Waals surface area (Å²) in [5.41, 5.74) is 1.70. The van der Waals surface area contributed by atoms with Crippen LogP contribution in [0.1, 0.15) is 0 Å². The topological polar surface area (TPSA) is 52.1 Å². The second-order valence-electron chi connectivity index (χ2n) is 10.1. The molecule has 218 valence electrons. The molecule has 43 heavy (non-hydrogen) atoms. The predicted molar refractivity (Wildman–Crippen MR) is 180 cm³/mol. The largest absolute Gasteiger partial charge is 0 e. The van der Waals surface area contributed by atoms with Crippen molar-refractivity contribution in [2.75, 3.05) is 6.16 Å². The van der Waals surface area contributed by atoms with E-state index in [1.807, 2.05) is 109 Å². The zero-order valence-corrected chi connectivity index (χ0v) is 27.0. The molecule has 0 atom stereocenters. The van der Waals surface area contributed by atoms with Gasteiger partial charge in [0.2, 0.25) is 0 Å². The van der Waals surface area contributed by atoms with Crippen LogP contribution in [0.5, 0.6) is 0 Å². The Morgan fingerprint density at radius 1 is 0.488 bits per heavy atom. The van der Waals surface area contributed by atoms with E-state index >= 15 is 0 Å². The molecule has 0 amide bonds. The van der Waals surface area contributed by atoms with Gasteiger partial charge < -0.3 is 0 Å². The van der Waals surface area contributed by atoms with Crippen molar-refractivity contribution in [1.82, 2.24) is 9.97 Å². The van der Waals surface area contributed by atoms with Gasteiger partial charge in [-0.25, -0.2) is 0 Å². The zero-order valence-electron chi connectivity index (χ0n) is 23.4. The van der Waals surface area contributed by atoms with Gasteiger partial charge in [-0.1, -0.05) is 0 Å². The molecule has 0 fully saturated rings. The third-order valence-electron chi connectivity index (χ3n) is 7.70. The molecular formula is C36H32N2O2P2Pd. The van der Waals surface area contributed by atoms with Gasteiger partial charge in [-0.15, -0.1) is 0 Å². The first-order valence-corrected chi connectivity index (χ1v) is 18.1. The van der Waals surface area contributed by atoms with E-state index in [0.717, 1.165) is 32.1 Å². The fourth-order valence-corrected chi connectivity index (χ4v) is 13.7. The normalized spacial score (nSPS) is 12.0. The number of nitrogens with zero attached hydrogens (tertiary/aromatic N) is 2. The monoisotopic (exact) mass is 692 g/mol. The molecule has 0 radical (unpaired) electrons. The van der Waals surface area contributed by atoms with E-state index in [9.17, 15) is 4.79 Å². The second kappa shape index (κ2) is 14.1. The standard InChI is InChI=1S/C36H32N2O2P2.Pd/c39-36(29-41(30-17-5-1-6-18-30,31-19-7-2-8-20-31)34-25-13-15-27-37-34)40-42(32-21-9-3-10-22-32,33-23-11-4-12-24-33)35-26-14-16-28-38-35;/h1-28,41-42H,29H2;. The maximum atomic E-state index is 14.7. The number of benzene rings is 4. The quantitative estimate of drug-likeness (QED) is 0.163. The molecule has 2 heterocycles. The fraction of sp³-hybridized carbons (Fsp3) is 0.0278. The number of carbonyl (C=O) groups excluding carboxylic acids is 1. The van der Waals surface area contributed by atoms with Gasteiger partial charge >= 0.3 is 248 Å². The zero-order chi connectivity index (χ0) is 28.7. The average Bonchev–Trinajstić information content (AvgIpc) is 3.08. The van der Waals surface area contributed by atoms with Crippen LogP contribution < -0.4 is 32.1 Å². The molecule has 0 N–H and O–H groups in total. The fourth-order valence-electron chi connectivity index (χ4n) is 5.79. The van der Waals surface area contributed by atoms with Crippen molar-refractivity contribution in [3.63, 3.8) is 0 Å². The first-order chi connectivity index (χ1) is 20.7. The van der Waals surface area contributed by atoms with E-state index in [0.29, 0.717) is 0 Å². The van der Waals surface area contributed by atoms with Crippen molar-refractivity contribution >= 4 is 52.8 Å². The third-order valence-corrected chi connectivity index (χ3v) is 16.2. The Hall–Kier alpha value is -3.83. The van der Waals surface area contributed by atoms with Crippen molar-refractivity contribution in [3.8, 4) is 0 Å². The molecule has 0 aliphatic rings. The van der Waals surface area contributed by atoms with Crippen molar-refractivity contribution in [2.45, 2.75) is 0 Å². The average molecular weight is 693 g/mol. The molecule has 0 spiro atoms. The van der Waals surface area contributed by atoms with E-state index in [-0.39, 0.29) is 32.6 Å². The van der Waals surface area contributed by atoms with Gasteiger partial charge in [-0.3, -0.25) is 0 Å². The predicted octanol–water partition coefficient (Wildman–Crippen LogP) is 4.68. The maximum Gasteiger partial charge on any atom is 0 e. The van der Waals surface area contributed by atoms with Gasteiger partial charge in [0.1, 0.15) is 0 Å². The van der Waals surface area contributed by atoms with Crippen molar-refractivity contribution in [1.29, 1.82) is 0 Å². The molecular weight excluding hydrogens is 661 g/mol. The minimum Gasteiger partial charge on any atom is 0 e. The van der Waals surface area contributed by atoms with Gasteiger partial charge in [0.15, 0.2) is 0 Å². The van der Waals surface area contributed by atoms with Crippen LogP contribution in [0.4, 0.5) is 0 Å². The number of hydrogen-bond acceptors (Lipinski definition) is 4. The Morgan fingerprint density at radius 3 is 1.26 bits per heavy atom. The van der Waals surface area contributed by atoms with Crippen LogP contribution in [-0.2, 0) is 29.7 Å². The molecule has 0 unspecified atom stereocenters. The summed E-state index contributed by atoms with van der Waals surface area (Å²) in [6.07, 6.45) is 3.78. The first kappa shape index (κ1) is 30.6. The molecule has 0 bridgehead atoms. The third kappa shape index (κ3) is 6.14. The second-order valence-corrected chi connectivity index (χ2v) is 17.2. The van der Waals surface area contributed by atoms with E-state index in [1.165, 1.54) is 0 Å². The first-order valence-electron chi connectivity index (χ1n) is 14.0. The molecule has 4 nitrogen and oxygen atoms in total. The Labute approximate surface area is 267 Å². The minimum atomic E-state index is -3.35. The summed E-state index contributed by atoms with van der Waals surface area (Å²) in [6.45, 7) is 0. The Morgan fingerprint density at radius 2 is 0.860 bits per heavy atom. The number of hydrogen-bond donors (Lipinski definition) is 0. The van der Waals surface area contributed by atoms with Crippen LogP contribution in [0.3, 0.4) is 0 Å². The summed E-state index contributed by atoms with van der Waals surface area (Å²) in [6, 6.07) is 52.6. The molecule has 0 aliphatic heterocycles. The number of aromatic nitrogens is 2. The van der Waals surface area contributed by atoms with Crippen LogP contribution in [-0.4, -0.2) is 22.1 Å². The van der Waals surface area contributed by atoms with Crippen LogP contribution in [0.15, 0.2) is 170 Å². The Kier molecular flexibility index (Phi) is 10.0. The van der Waals surface area contributed by atoms with Gasteiger partial charge in [-0.05, 0) is 0 Å². The number of carbonyl (C=O) groups is 1. The number of pyridine rings is 2. The SMILES string of the molecule is O=C(C[PH](c1ccccc1)(c1ccccc1)c1ccccn1)O[PH](c1ccccc1)(c1ccccc1)c1ccccn1.[Pd]. The van der Waals surface area contributed by atoms with Gasteiger partial charge in [0.25, 0.3) is 0 Å². The van der Waals surface area contributed by atoms with Gasteiger partial charge in [0.05, 0.1) is 0 Å². The summed E-state index contributed by atoms with van der Waals surface area (Å²) in [4.78, 5) is 24.4. The summed E-state index contributed by atoms with van der Waals surface area (Å²) < 4.78 is 6.96. The van der Waals surface area contributed by atoms with Crippen LogP contribution in [0.2, 0.25) is 0 Å². The Balaban J connectivity index is 0.00000368. The van der Waals surface area contributed by atoms with E-state index in [1.54, 1.807) is 6.20 Å². The summed E-state index contributed by atoms with van der Waals surface area (Å²) in [5.74, 6) is -0.259. The van der Waals surface area contributed by atoms with E-state index in [2.05, 4.69) is 54.6 Å². The summed E-state index contributed by atoms with van der Waals surface area (Å²) >= 11 is 0. The smallest absolute Gasteiger partial charge is 0 e. The molecule has 0 saturated heterocycles. The van der Waals surface area contributed by atoms with Gasteiger partial charge in [0, 0.05) is 20.4 Å². The number of rotatable bonds is 9. The molecule has 0 saturated carbocycles. The van der Waals surface area contributed by atoms with Crippen molar-refractivity contribution in [3.05, 3.63) is 170 Å². The summed E-state index contributed by atoms with van der Waals surface area (Å²) in [5, 5.41) is 4.15. The van der Waals surface area contributed by atoms with Gasteiger partial charge in [-0.2, -0.15) is 0 Å². The maximum absolute atomic E-state index is 14.7.